The zero-order valence-corrected chi connectivity index (χ0v) is 19.7. The molecule has 6 heteroatoms. The van der Waals surface area contributed by atoms with E-state index in [1.807, 2.05) is 26.8 Å². The van der Waals surface area contributed by atoms with Gasteiger partial charge in [-0.25, -0.2) is 13.8 Å². The summed E-state index contributed by atoms with van der Waals surface area (Å²) in [5.41, 5.74) is 3.65. The summed E-state index contributed by atoms with van der Waals surface area (Å²) in [6.45, 7) is 11.5. The van der Waals surface area contributed by atoms with Crippen LogP contribution < -0.4 is 10.6 Å². The summed E-state index contributed by atoms with van der Waals surface area (Å²) >= 11 is 0. The van der Waals surface area contributed by atoms with Crippen molar-refractivity contribution >= 4 is 11.9 Å². The van der Waals surface area contributed by atoms with Crippen LogP contribution in [0.2, 0.25) is 0 Å². The average molecular weight is 441 g/mol. The molecule has 0 aromatic heterocycles. The van der Waals surface area contributed by atoms with E-state index < -0.39 is 11.6 Å². The van der Waals surface area contributed by atoms with E-state index in [0.29, 0.717) is 11.6 Å². The molecule has 0 aliphatic carbocycles. The van der Waals surface area contributed by atoms with Gasteiger partial charge in [-0.3, -0.25) is 0 Å². The number of rotatable bonds is 7. The van der Waals surface area contributed by atoms with Crippen LogP contribution in [-0.2, 0) is 0 Å². The van der Waals surface area contributed by atoms with Crippen LogP contribution in [0.1, 0.15) is 44.7 Å². The van der Waals surface area contributed by atoms with Gasteiger partial charge in [-0.05, 0) is 80.6 Å². The minimum absolute atomic E-state index is 0.0326. The van der Waals surface area contributed by atoms with Gasteiger partial charge in [-0.2, -0.15) is 0 Å². The Labute approximate surface area is 190 Å². The summed E-state index contributed by atoms with van der Waals surface area (Å²) in [6.07, 6.45) is 3.97. The number of halogens is 2. The molecule has 0 bridgehead atoms. The van der Waals surface area contributed by atoms with Crippen molar-refractivity contribution in [2.75, 3.05) is 32.0 Å². The molecule has 0 unspecified atom stereocenters. The summed E-state index contributed by atoms with van der Waals surface area (Å²) in [5, 5.41) is 6.37. The molecule has 1 aliphatic rings. The first-order valence-electron chi connectivity index (χ1n) is 11.3. The van der Waals surface area contributed by atoms with Crippen LogP contribution in [-0.4, -0.2) is 43.8 Å². The Morgan fingerprint density at radius 1 is 1.16 bits per heavy atom. The topological polar surface area (TPSA) is 39.7 Å². The Hall–Kier alpha value is -2.73. The van der Waals surface area contributed by atoms with E-state index in [4.69, 9.17) is 4.99 Å². The molecule has 1 aliphatic heterocycles. The summed E-state index contributed by atoms with van der Waals surface area (Å²) in [6, 6.07) is 8.50. The third kappa shape index (κ3) is 5.54. The molecule has 1 heterocycles. The maximum atomic E-state index is 14.8. The minimum atomic E-state index is -0.593. The Bertz CT molecular complexity index is 1000. The lowest BCUT2D eigenvalue weighted by Gasteiger charge is -2.32. The van der Waals surface area contributed by atoms with Crippen molar-refractivity contribution in [2.45, 2.75) is 46.6 Å². The molecule has 2 N–H and O–H groups in total. The molecule has 32 heavy (non-hydrogen) atoms. The molecular formula is C26H34F2N4. The third-order valence-corrected chi connectivity index (χ3v) is 6.11. The first-order chi connectivity index (χ1) is 15.3. The zero-order valence-electron chi connectivity index (χ0n) is 19.7. The average Bonchev–Trinajstić information content (AvgIpc) is 2.78. The van der Waals surface area contributed by atoms with Crippen LogP contribution in [0.25, 0.3) is 11.1 Å². The molecular weight excluding hydrogens is 406 g/mol. The summed E-state index contributed by atoms with van der Waals surface area (Å²) in [7, 11) is 1.62. The highest BCUT2D eigenvalue weighted by Gasteiger charge is 2.19. The second-order valence-electron chi connectivity index (χ2n) is 8.56. The Morgan fingerprint density at radius 3 is 2.50 bits per heavy atom. The fourth-order valence-electron chi connectivity index (χ4n) is 3.98. The summed E-state index contributed by atoms with van der Waals surface area (Å²) < 4.78 is 29.3. The van der Waals surface area contributed by atoms with Crippen LogP contribution in [0.15, 0.2) is 46.7 Å². The van der Waals surface area contributed by atoms with Crippen molar-refractivity contribution < 1.29 is 8.78 Å². The van der Waals surface area contributed by atoms with Crippen LogP contribution in [0, 0.1) is 18.6 Å². The second-order valence-corrected chi connectivity index (χ2v) is 8.56. The molecule has 0 atom stereocenters. The van der Waals surface area contributed by atoms with Crippen molar-refractivity contribution in [3.05, 3.63) is 64.5 Å². The number of allylic oxidation sites excluding steroid dienone is 1. The van der Waals surface area contributed by atoms with Crippen LogP contribution in [0.5, 0.6) is 0 Å². The fraction of sp³-hybridized carbons (Fsp3) is 0.423. The molecule has 2 aromatic rings. The lowest BCUT2D eigenvalue weighted by atomic mass is 9.98. The van der Waals surface area contributed by atoms with Gasteiger partial charge in [0.1, 0.15) is 11.6 Å². The number of piperidine rings is 1. The molecule has 1 fully saturated rings. The number of nitrogens with zero attached hydrogens (tertiary/aromatic N) is 2. The highest BCUT2D eigenvalue weighted by atomic mass is 19.1. The Morgan fingerprint density at radius 2 is 1.88 bits per heavy atom. The largest absolute Gasteiger partial charge is 0.386 e. The van der Waals surface area contributed by atoms with Gasteiger partial charge in [0.05, 0.1) is 11.3 Å². The van der Waals surface area contributed by atoms with E-state index in [9.17, 15) is 8.78 Å². The third-order valence-electron chi connectivity index (χ3n) is 6.11. The lowest BCUT2D eigenvalue weighted by molar-refractivity contribution is 0.211. The number of likely N-dealkylation sites (tertiary alicyclic amines) is 1. The summed E-state index contributed by atoms with van der Waals surface area (Å²) in [5.74, 6) is -0.318. The monoisotopic (exact) mass is 440 g/mol. The zero-order chi connectivity index (χ0) is 23.3. The molecule has 4 nitrogen and oxygen atoms in total. The predicted octanol–water partition coefficient (Wildman–Crippen LogP) is 5.73. The SMILES string of the molecule is CCN1CCC(NC(/N=C\c2cc(-c3c(F)ccc(NC)c3F)ccc2C)=C(C)C)CC1. The standard InChI is InChI=1S/C26H34F2N4/c1-6-32-13-11-21(12-14-32)31-26(17(2)3)30-16-20-15-19(8-7-18(20)4)24-22(27)9-10-23(29-5)25(24)28/h7-10,15-16,21,29,31H,6,11-14H2,1-5H3/b30-16-. The van der Waals surface area contributed by atoms with Crippen molar-refractivity contribution in [1.82, 2.24) is 10.2 Å². The first kappa shape index (κ1) is 23.9. The predicted molar refractivity (Wildman–Crippen MR) is 130 cm³/mol. The number of hydrogen-bond acceptors (Lipinski definition) is 4. The quantitative estimate of drug-likeness (QED) is 0.541. The van der Waals surface area contributed by atoms with Crippen molar-refractivity contribution in [3.63, 3.8) is 0 Å². The second kappa shape index (κ2) is 10.7. The van der Waals surface area contributed by atoms with Crippen molar-refractivity contribution in [2.24, 2.45) is 4.99 Å². The van der Waals surface area contributed by atoms with E-state index in [1.165, 1.54) is 12.1 Å². The van der Waals surface area contributed by atoms with Gasteiger partial charge in [-0.1, -0.05) is 19.1 Å². The maximum Gasteiger partial charge on any atom is 0.157 e. The fourth-order valence-corrected chi connectivity index (χ4v) is 3.98. The minimum Gasteiger partial charge on any atom is -0.386 e. The van der Waals surface area contributed by atoms with Crippen LogP contribution >= 0.6 is 0 Å². The molecule has 0 saturated carbocycles. The van der Waals surface area contributed by atoms with Crippen LogP contribution in [0.4, 0.5) is 14.5 Å². The smallest absolute Gasteiger partial charge is 0.157 e. The van der Waals surface area contributed by atoms with Crippen molar-refractivity contribution in [3.8, 4) is 11.1 Å². The number of aryl methyl sites for hydroxylation is 1. The number of hydrogen-bond donors (Lipinski definition) is 2. The Balaban J connectivity index is 1.85. The van der Waals surface area contributed by atoms with Crippen LogP contribution in [0.3, 0.4) is 0 Å². The molecule has 1 saturated heterocycles. The van der Waals surface area contributed by atoms with Gasteiger partial charge in [-0.15, -0.1) is 0 Å². The van der Waals surface area contributed by atoms with Gasteiger partial charge in [0.25, 0.3) is 0 Å². The molecule has 0 radical (unpaired) electrons. The van der Waals surface area contributed by atoms with Gasteiger partial charge in [0, 0.05) is 32.4 Å². The summed E-state index contributed by atoms with van der Waals surface area (Å²) in [4.78, 5) is 7.19. The number of aliphatic imine (C=N–C) groups is 1. The number of nitrogens with one attached hydrogen (secondary N) is 2. The first-order valence-corrected chi connectivity index (χ1v) is 11.3. The number of benzene rings is 2. The lowest BCUT2D eigenvalue weighted by Crippen LogP contribution is -2.42. The van der Waals surface area contributed by atoms with Gasteiger partial charge < -0.3 is 15.5 Å². The van der Waals surface area contributed by atoms with E-state index >= 15 is 0 Å². The normalized spacial score (nSPS) is 15.2. The van der Waals surface area contributed by atoms with E-state index in [1.54, 1.807) is 25.4 Å². The maximum absolute atomic E-state index is 14.8. The molecule has 3 rings (SSSR count). The van der Waals surface area contributed by atoms with Crippen molar-refractivity contribution in [1.29, 1.82) is 0 Å². The number of anilines is 1. The highest BCUT2D eigenvalue weighted by Crippen LogP contribution is 2.31. The van der Waals surface area contributed by atoms with Gasteiger partial charge >= 0.3 is 0 Å². The van der Waals surface area contributed by atoms with Gasteiger partial charge in [0.2, 0.25) is 0 Å². The molecule has 2 aromatic carbocycles. The molecule has 172 valence electrons. The van der Waals surface area contributed by atoms with E-state index in [0.717, 1.165) is 55.0 Å². The molecule has 0 spiro atoms. The Kier molecular flexibility index (Phi) is 8.02. The van der Waals surface area contributed by atoms with E-state index in [2.05, 4.69) is 22.5 Å². The van der Waals surface area contributed by atoms with E-state index in [-0.39, 0.29) is 11.3 Å². The highest BCUT2D eigenvalue weighted by molar-refractivity contribution is 5.85. The van der Waals surface area contributed by atoms with Gasteiger partial charge in [0.15, 0.2) is 5.82 Å². The molecule has 0 amide bonds.